The molecule has 100 valence electrons. The van der Waals surface area contributed by atoms with Crippen LogP contribution < -0.4 is 10.1 Å². The summed E-state index contributed by atoms with van der Waals surface area (Å²) in [5.74, 6) is 0.111. The number of carboxylic acid groups (broad SMARTS) is 1. The molecule has 4 nitrogen and oxygen atoms in total. The Balaban J connectivity index is 2.75. The minimum absolute atomic E-state index is 0.0768. The van der Waals surface area contributed by atoms with Crippen LogP contribution in [0.4, 0.5) is 5.69 Å². The molecule has 0 bridgehead atoms. The molecule has 18 heavy (non-hydrogen) atoms. The largest absolute Gasteiger partial charge is 0.495 e. The van der Waals surface area contributed by atoms with Gasteiger partial charge in [-0.1, -0.05) is 13.0 Å². The Labute approximate surface area is 108 Å². The molecule has 0 fully saturated rings. The number of aryl methyl sites for hydroxylation is 2. The second kappa shape index (κ2) is 6.28. The summed E-state index contributed by atoms with van der Waals surface area (Å²) < 4.78 is 5.34. The molecule has 0 aliphatic rings. The number of carboxylic acids is 1. The maximum Gasteiger partial charge on any atom is 0.303 e. The first kappa shape index (κ1) is 14.4. The van der Waals surface area contributed by atoms with Crippen molar-refractivity contribution >= 4 is 11.7 Å². The lowest BCUT2D eigenvalue weighted by atomic mass is 10.1. The van der Waals surface area contributed by atoms with E-state index in [1.165, 1.54) is 0 Å². The van der Waals surface area contributed by atoms with Gasteiger partial charge in [0.15, 0.2) is 0 Å². The van der Waals surface area contributed by atoms with Gasteiger partial charge >= 0.3 is 5.97 Å². The summed E-state index contributed by atoms with van der Waals surface area (Å²) in [6.07, 6.45) is 0.167. The summed E-state index contributed by atoms with van der Waals surface area (Å²) in [5.41, 5.74) is 3.20. The molecule has 0 aliphatic heterocycles. The highest BCUT2D eigenvalue weighted by atomic mass is 16.5. The first-order chi connectivity index (χ1) is 8.43. The van der Waals surface area contributed by atoms with Gasteiger partial charge < -0.3 is 15.2 Å². The second-order valence-electron chi connectivity index (χ2n) is 4.74. The van der Waals surface area contributed by atoms with Crippen molar-refractivity contribution in [2.24, 2.45) is 5.92 Å². The molecule has 0 aliphatic carbocycles. The average molecular weight is 251 g/mol. The van der Waals surface area contributed by atoms with Crippen molar-refractivity contribution in [1.29, 1.82) is 0 Å². The summed E-state index contributed by atoms with van der Waals surface area (Å²) >= 11 is 0. The summed E-state index contributed by atoms with van der Waals surface area (Å²) in [5, 5.41) is 12.0. The number of benzene rings is 1. The molecule has 2 N–H and O–H groups in total. The molecule has 0 amide bonds. The fourth-order valence-corrected chi connectivity index (χ4v) is 1.96. The van der Waals surface area contributed by atoms with Gasteiger partial charge in [0.1, 0.15) is 5.75 Å². The van der Waals surface area contributed by atoms with Crippen molar-refractivity contribution in [3.8, 4) is 5.75 Å². The third kappa shape index (κ3) is 3.95. The van der Waals surface area contributed by atoms with Crippen molar-refractivity contribution < 1.29 is 14.6 Å². The van der Waals surface area contributed by atoms with Crippen LogP contribution in [0.3, 0.4) is 0 Å². The van der Waals surface area contributed by atoms with Gasteiger partial charge in [-0.05, 0) is 37.0 Å². The zero-order valence-electron chi connectivity index (χ0n) is 11.4. The van der Waals surface area contributed by atoms with Crippen molar-refractivity contribution in [2.75, 3.05) is 19.0 Å². The van der Waals surface area contributed by atoms with Crippen molar-refractivity contribution in [3.05, 3.63) is 23.3 Å². The van der Waals surface area contributed by atoms with E-state index in [-0.39, 0.29) is 12.3 Å². The van der Waals surface area contributed by atoms with E-state index < -0.39 is 5.97 Å². The van der Waals surface area contributed by atoms with Crippen molar-refractivity contribution in [3.63, 3.8) is 0 Å². The van der Waals surface area contributed by atoms with Gasteiger partial charge in [-0.2, -0.15) is 0 Å². The van der Waals surface area contributed by atoms with Crippen LogP contribution in [-0.2, 0) is 4.79 Å². The van der Waals surface area contributed by atoms with E-state index in [1.54, 1.807) is 7.11 Å². The van der Waals surface area contributed by atoms with Gasteiger partial charge in [0.2, 0.25) is 0 Å². The molecule has 0 radical (unpaired) electrons. The average Bonchev–Trinajstić information content (AvgIpc) is 2.25. The molecule has 0 aromatic heterocycles. The summed E-state index contributed by atoms with van der Waals surface area (Å²) in [7, 11) is 1.64. The molecule has 0 saturated carbocycles. The van der Waals surface area contributed by atoms with E-state index in [0.29, 0.717) is 6.54 Å². The number of methoxy groups -OCH3 is 1. The third-order valence-corrected chi connectivity index (χ3v) is 2.81. The molecular weight excluding hydrogens is 230 g/mol. The van der Waals surface area contributed by atoms with Crippen LogP contribution in [0.1, 0.15) is 24.5 Å². The van der Waals surface area contributed by atoms with E-state index in [1.807, 2.05) is 26.8 Å². The minimum Gasteiger partial charge on any atom is -0.495 e. The number of ether oxygens (including phenoxy) is 1. The van der Waals surface area contributed by atoms with Crippen LogP contribution >= 0.6 is 0 Å². The van der Waals surface area contributed by atoms with E-state index >= 15 is 0 Å². The van der Waals surface area contributed by atoms with Crippen LogP contribution in [0, 0.1) is 19.8 Å². The van der Waals surface area contributed by atoms with Crippen LogP contribution in [0.15, 0.2) is 12.1 Å². The maximum absolute atomic E-state index is 10.6. The molecule has 1 aromatic rings. The van der Waals surface area contributed by atoms with E-state index in [2.05, 4.69) is 11.4 Å². The van der Waals surface area contributed by atoms with Crippen LogP contribution in [0.25, 0.3) is 0 Å². The summed E-state index contributed by atoms with van der Waals surface area (Å²) in [4.78, 5) is 10.6. The summed E-state index contributed by atoms with van der Waals surface area (Å²) in [6, 6.07) is 4.05. The molecule has 0 heterocycles. The Hall–Kier alpha value is -1.71. The zero-order valence-corrected chi connectivity index (χ0v) is 11.4. The van der Waals surface area contributed by atoms with Crippen LogP contribution in [0.5, 0.6) is 5.75 Å². The predicted molar refractivity (Wildman–Crippen MR) is 72.4 cm³/mol. The van der Waals surface area contributed by atoms with Gasteiger partial charge in [0, 0.05) is 13.0 Å². The van der Waals surface area contributed by atoms with E-state index in [0.717, 1.165) is 22.6 Å². The SMILES string of the molecule is COc1cc(C)cc(C)c1NCC(C)CC(=O)O. The molecule has 1 unspecified atom stereocenters. The Kier molecular flexibility index (Phi) is 5.01. The van der Waals surface area contributed by atoms with Gasteiger partial charge in [-0.3, -0.25) is 4.79 Å². The Morgan fingerprint density at radius 2 is 2.11 bits per heavy atom. The Bertz CT molecular complexity index is 429. The fourth-order valence-electron chi connectivity index (χ4n) is 1.96. The maximum atomic E-state index is 10.6. The highest BCUT2D eigenvalue weighted by Crippen LogP contribution is 2.29. The standard InChI is InChI=1S/C14H21NO3/c1-9-5-11(3)14(12(6-9)18-4)15-8-10(2)7-13(16)17/h5-6,10,15H,7-8H2,1-4H3,(H,16,17). The lowest BCUT2D eigenvalue weighted by molar-refractivity contribution is -0.137. The molecule has 1 rings (SSSR count). The normalized spacial score (nSPS) is 12.0. The number of carbonyl (C=O) groups is 1. The smallest absolute Gasteiger partial charge is 0.303 e. The minimum atomic E-state index is -0.767. The lowest BCUT2D eigenvalue weighted by Crippen LogP contribution is -2.16. The number of hydrogen-bond donors (Lipinski definition) is 2. The second-order valence-corrected chi connectivity index (χ2v) is 4.74. The van der Waals surface area contributed by atoms with Gasteiger partial charge in [0.25, 0.3) is 0 Å². The van der Waals surface area contributed by atoms with Crippen molar-refractivity contribution in [1.82, 2.24) is 0 Å². The predicted octanol–water partition coefficient (Wildman–Crippen LogP) is 2.83. The van der Waals surface area contributed by atoms with E-state index in [9.17, 15) is 4.79 Å². The number of nitrogens with one attached hydrogen (secondary N) is 1. The molecule has 0 saturated heterocycles. The molecule has 4 heteroatoms. The monoisotopic (exact) mass is 251 g/mol. The lowest BCUT2D eigenvalue weighted by Gasteiger charge is -2.17. The molecule has 1 atom stereocenters. The van der Waals surface area contributed by atoms with Crippen LogP contribution in [-0.4, -0.2) is 24.7 Å². The third-order valence-electron chi connectivity index (χ3n) is 2.81. The van der Waals surface area contributed by atoms with Gasteiger partial charge in [-0.25, -0.2) is 0 Å². The first-order valence-electron chi connectivity index (χ1n) is 6.05. The van der Waals surface area contributed by atoms with Gasteiger partial charge in [0.05, 0.1) is 12.8 Å². The topological polar surface area (TPSA) is 58.6 Å². The number of hydrogen-bond acceptors (Lipinski definition) is 3. The van der Waals surface area contributed by atoms with Crippen molar-refractivity contribution in [2.45, 2.75) is 27.2 Å². The van der Waals surface area contributed by atoms with Gasteiger partial charge in [-0.15, -0.1) is 0 Å². The number of aliphatic carboxylic acids is 1. The Morgan fingerprint density at radius 3 is 2.67 bits per heavy atom. The number of anilines is 1. The highest BCUT2D eigenvalue weighted by molar-refractivity contribution is 5.67. The summed E-state index contributed by atoms with van der Waals surface area (Å²) in [6.45, 7) is 6.57. The molecule has 0 spiro atoms. The highest BCUT2D eigenvalue weighted by Gasteiger charge is 2.11. The quantitative estimate of drug-likeness (QED) is 0.816. The Morgan fingerprint density at radius 1 is 1.44 bits per heavy atom. The first-order valence-corrected chi connectivity index (χ1v) is 6.05. The zero-order chi connectivity index (χ0) is 13.7. The molecule has 1 aromatic carbocycles. The van der Waals surface area contributed by atoms with E-state index in [4.69, 9.17) is 9.84 Å². The molecular formula is C14H21NO3. The fraction of sp³-hybridized carbons (Fsp3) is 0.500. The number of rotatable bonds is 6. The van der Waals surface area contributed by atoms with Crippen LogP contribution in [0.2, 0.25) is 0 Å².